The van der Waals surface area contributed by atoms with Gasteiger partial charge in [0.05, 0.1) is 11.1 Å². The van der Waals surface area contributed by atoms with E-state index in [1.54, 1.807) is 24.3 Å². The van der Waals surface area contributed by atoms with Crippen molar-refractivity contribution in [2.45, 2.75) is 44.9 Å². The molecule has 1 saturated carbocycles. The quantitative estimate of drug-likeness (QED) is 0.189. The van der Waals surface area contributed by atoms with E-state index >= 15 is 0 Å². The molecule has 5 rings (SSSR count). The molecule has 1 fully saturated rings. The molecule has 1 aliphatic rings. The molecule has 0 atom stereocenters. The number of benzene rings is 4. The van der Waals surface area contributed by atoms with Crippen molar-refractivity contribution in [2.75, 3.05) is 0 Å². The first-order valence-electron chi connectivity index (χ1n) is 12.9. The number of hydrogen-bond donors (Lipinski definition) is 0. The monoisotopic (exact) mass is 526 g/mol. The molecule has 0 bridgehead atoms. The molecule has 4 aromatic carbocycles. The highest BCUT2D eigenvalue weighted by Gasteiger charge is 2.38. The number of ether oxygens (including phenoxy) is 2. The fourth-order valence-corrected chi connectivity index (χ4v) is 5.41. The summed E-state index contributed by atoms with van der Waals surface area (Å²) < 4.78 is 39.1. The van der Waals surface area contributed by atoms with Gasteiger partial charge in [-0.05, 0) is 85.3 Å². The lowest BCUT2D eigenvalue weighted by Crippen LogP contribution is -2.24. The zero-order chi connectivity index (χ0) is 27.6. The molecule has 0 radical (unpaired) electrons. The molecule has 39 heavy (non-hydrogen) atoms. The number of aryl methyl sites for hydroxylation is 2. The van der Waals surface area contributed by atoms with E-state index in [-0.39, 0.29) is 16.5 Å². The topological polar surface area (TPSA) is 52.6 Å². The van der Waals surface area contributed by atoms with Crippen molar-refractivity contribution in [2.24, 2.45) is 0 Å². The molecule has 0 aliphatic heterocycles. The minimum absolute atomic E-state index is 0.112. The summed E-state index contributed by atoms with van der Waals surface area (Å²) in [6, 6.07) is 23.0. The molecule has 0 spiro atoms. The van der Waals surface area contributed by atoms with Crippen molar-refractivity contribution in [3.8, 4) is 11.5 Å². The van der Waals surface area contributed by atoms with Gasteiger partial charge in [0.25, 0.3) is 0 Å². The first kappa shape index (κ1) is 26.3. The highest BCUT2D eigenvalue weighted by Crippen LogP contribution is 2.48. The van der Waals surface area contributed by atoms with Gasteiger partial charge in [-0.15, -0.1) is 0 Å². The molecule has 1 aliphatic carbocycles. The zero-order valence-corrected chi connectivity index (χ0v) is 21.8. The average molecular weight is 527 g/mol. The minimum Gasteiger partial charge on any atom is -0.423 e. The van der Waals surface area contributed by atoms with E-state index in [1.807, 2.05) is 38.1 Å². The predicted molar refractivity (Wildman–Crippen MR) is 144 cm³/mol. The third kappa shape index (κ3) is 5.19. The summed E-state index contributed by atoms with van der Waals surface area (Å²) >= 11 is 0. The summed E-state index contributed by atoms with van der Waals surface area (Å²) in [5.41, 5.74) is 3.26. The Morgan fingerprint density at radius 2 is 1.05 bits per heavy atom. The molecule has 0 heterocycles. The second-order valence-corrected chi connectivity index (χ2v) is 9.99. The van der Waals surface area contributed by atoms with Crippen LogP contribution in [0, 0.1) is 25.5 Å². The maximum absolute atomic E-state index is 14.0. The van der Waals surface area contributed by atoms with Crippen molar-refractivity contribution in [1.29, 1.82) is 0 Å². The van der Waals surface area contributed by atoms with Gasteiger partial charge < -0.3 is 9.47 Å². The standard InChI is InChI=1S/C33H28F2O4/c1-21-19-23(13-15-29(21)38-31(36)25-9-3-5-11-27(25)34)33(17-7-8-18-33)24-14-16-30(22(2)20-24)39-32(37)26-10-4-6-12-28(26)35/h3-6,9-16,19-20H,7-8,17-18H2,1-2H3. The third-order valence-corrected chi connectivity index (χ3v) is 7.50. The van der Waals surface area contributed by atoms with Gasteiger partial charge in [0.2, 0.25) is 0 Å². The maximum Gasteiger partial charge on any atom is 0.346 e. The van der Waals surface area contributed by atoms with E-state index < -0.39 is 23.6 Å². The van der Waals surface area contributed by atoms with Crippen LogP contribution in [0.5, 0.6) is 11.5 Å². The first-order chi connectivity index (χ1) is 18.8. The Labute approximate surface area is 226 Å². The Morgan fingerprint density at radius 1 is 0.641 bits per heavy atom. The summed E-state index contributed by atoms with van der Waals surface area (Å²) in [5, 5.41) is 0. The van der Waals surface area contributed by atoms with Crippen LogP contribution in [0.4, 0.5) is 8.78 Å². The van der Waals surface area contributed by atoms with E-state index in [9.17, 15) is 18.4 Å². The van der Waals surface area contributed by atoms with Crippen molar-refractivity contribution in [3.05, 3.63) is 130 Å². The summed E-state index contributed by atoms with van der Waals surface area (Å²) in [7, 11) is 0. The number of halogens is 2. The van der Waals surface area contributed by atoms with Gasteiger partial charge in [0.1, 0.15) is 23.1 Å². The van der Waals surface area contributed by atoms with Crippen LogP contribution in [0.15, 0.2) is 84.9 Å². The normalized spacial score (nSPS) is 14.2. The van der Waals surface area contributed by atoms with Crippen LogP contribution in [0.25, 0.3) is 0 Å². The second kappa shape index (κ2) is 10.8. The average Bonchev–Trinajstić information content (AvgIpc) is 3.42. The number of esters is 2. The largest absolute Gasteiger partial charge is 0.423 e. The van der Waals surface area contributed by atoms with E-state index in [0.29, 0.717) is 11.5 Å². The molecule has 4 nitrogen and oxygen atoms in total. The summed E-state index contributed by atoms with van der Waals surface area (Å²) in [4.78, 5) is 25.1. The molecule has 0 N–H and O–H groups in total. The van der Waals surface area contributed by atoms with Crippen LogP contribution in [-0.4, -0.2) is 11.9 Å². The molecule has 0 saturated heterocycles. The van der Waals surface area contributed by atoms with Gasteiger partial charge in [-0.2, -0.15) is 0 Å². The predicted octanol–water partition coefficient (Wildman–Crippen LogP) is 7.88. The van der Waals surface area contributed by atoms with Crippen molar-refractivity contribution in [3.63, 3.8) is 0 Å². The van der Waals surface area contributed by atoms with E-state index in [2.05, 4.69) is 0 Å². The number of rotatable bonds is 6. The van der Waals surface area contributed by atoms with Crippen LogP contribution in [0.2, 0.25) is 0 Å². The SMILES string of the molecule is Cc1cc(C2(c3ccc(OC(=O)c4ccccc4F)c(C)c3)CCCC2)ccc1OC(=O)c1ccccc1F. The summed E-state index contributed by atoms with van der Waals surface area (Å²) in [6.07, 6.45) is 4.00. The number of hydrogen-bond acceptors (Lipinski definition) is 4. The molecule has 4 aromatic rings. The van der Waals surface area contributed by atoms with Gasteiger partial charge in [0, 0.05) is 5.41 Å². The molecule has 6 heteroatoms. The van der Waals surface area contributed by atoms with Gasteiger partial charge in [-0.25, -0.2) is 18.4 Å². The highest BCUT2D eigenvalue weighted by molar-refractivity contribution is 5.92. The molecular weight excluding hydrogens is 498 g/mol. The Balaban J connectivity index is 1.41. The summed E-state index contributed by atoms with van der Waals surface area (Å²) in [6.45, 7) is 3.74. The lowest BCUT2D eigenvalue weighted by atomic mass is 9.72. The first-order valence-corrected chi connectivity index (χ1v) is 12.9. The van der Waals surface area contributed by atoms with E-state index in [1.165, 1.54) is 36.4 Å². The Hall–Kier alpha value is -4.32. The van der Waals surface area contributed by atoms with Crippen LogP contribution < -0.4 is 9.47 Å². The van der Waals surface area contributed by atoms with Crippen LogP contribution >= 0.6 is 0 Å². The Bertz CT molecular complexity index is 1440. The zero-order valence-electron chi connectivity index (χ0n) is 21.8. The lowest BCUT2D eigenvalue weighted by molar-refractivity contribution is 0.0719. The molecular formula is C33H28F2O4. The van der Waals surface area contributed by atoms with Crippen LogP contribution in [-0.2, 0) is 5.41 Å². The third-order valence-electron chi connectivity index (χ3n) is 7.50. The van der Waals surface area contributed by atoms with E-state index in [0.717, 1.165) is 47.9 Å². The Morgan fingerprint density at radius 3 is 1.44 bits per heavy atom. The van der Waals surface area contributed by atoms with Gasteiger partial charge >= 0.3 is 11.9 Å². The number of carbonyl (C=O) groups excluding carboxylic acids is 2. The van der Waals surface area contributed by atoms with Crippen molar-refractivity contribution >= 4 is 11.9 Å². The van der Waals surface area contributed by atoms with Crippen LogP contribution in [0.1, 0.15) is 68.7 Å². The van der Waals surface area contributed by atoms with Crippen molar-refractivity contribution in [1.82, 2.24) is 0 Å². The van der Waals surface area contributed by atoms with Crippen LogP contribution in [0.3, 0.4) is 0 Å². The highest BCUT2D eigenvalue weighted by atomic mass is 19.1. The molecule has 0 amide bonds. The van der Waals surface area contributed by atoms with Gasteiger partial charge in [-0.1, -0.05) is 61.4 Å². The second-order valence-electron chi connectivity index (χ2n) is 9.99. The minimum atomic E-state index is -0.740. The van der Waals surface area contributed by atoms with Crippen molar-refractivity contribution < 1.29 is 27.8 Å². The molecule has 198 valence electrons. The molecule has 0 unspecified atom stereocenters. The lowest BCUT2D eigenvalue weighted by Gasteiger charge is -2.31. The number of carbonyl (C=O) groups is 2. The van der Waals surface area contributed by atoms with Gasteiger partial charge in [-0.3, -0.25) is 0 Å². The fourth-order valence-electron chi connectivity index (χ4n) is 5.41. The summed E-state index contributed by atoms with van der Waals surface area (Å²) in [5.74, 6) is -1.97. The fraction of sp³-hybridized carbons (Fsp3) is 0.212. The maximum atomic E-state index is 14.0. The Kier molecular flexibility index (Phi) is 7.29. The van der Waals surface area contributed by atoms with E-state index in [4.69, 9.17) is 9.47 Å². The smallest absolute Gasteiger partial charge is 0.346 e. The molecule has 0 aromatic heterocycles. The van der Waals surface area contributed by atoms with Gasteiger partial charge in [0.15, 0.2) is 0 Å².